The molecule has 1 amide bonds. The van der Waals surface area contributed by atoms with Crippen LogP contribution in [0.25, 0.3) is 0 Å². The lowest BCUT2D eigenvalue weighted by atomic mass is 9.94. The van der Waals surface area contributed by atoms with Gasteiger partial charge in [-0.2, -0.15) is 5.26 Å². The van der Waals surface area contributed by atoms with Crippen LogP contribution in [0.15, 0.2) is 0 Å². The molecule has 14 heavy (non-hydrogen) atoms. The van der Waals surface area contributed by atoms with Crippen LogP contribution in [0.3, 0.4) is 0 Å². The highest BCUT2D eigenvalue weighted by molar-refractivity contribution is 5.64. The fourth-order valence-electron chi connectivity index (χ4n) is 1.68. The molecule has 0 aromatic rings. The molecular formula is C9H14N2O3. The van der Waals surface area contributed by atoms with Gasteiger partial charge in [-0.3, -0.25) is 0 Å². The number of nitriles is 1. The van der Waals surface area contributed by atoms with Gasteiger partial charge >= 0.3 is 6.09 Å². The van der Waals surface area contributed by atoms with Gasteiger partial charge in [0.2, 0.25) is 0 Å². The quantitative estimate of drug-likeness (QED) is 0.547. The Kier molecular flexibility index (Phi) is 4.05. The third-order valence-electron chi connectivity index (χ3n) is 2.58. The summed E-state index contributed by atoms with van der Waals surface area (Å²) in [5.74, 6) is 0.499. The molecule has 1 aliphatic heterocycles. The van der Waals surface area contributed by atoms with Crippen LogP contribution in [0, 0.1) is 17.4 Å². The van der Waals surface area contributed by atoms with Crippen LogP contribution in [0.1, 0.15) is 19.3 Å². The van der Waals surface area contributed by atoms with Gasteiger partial charge in [0.1, 0.15) is 6.61 Å². The Morgan fingerprint density at radius 2 is 2.21 bits per heavy atom. The van der Waals surface area contributed by atoms with Crippen molar-refractivity contribution in [3.05, 3.63) is 0 Å². The molecule has 0 aromatic heterocycles. The van der Waals surface area contributed by atoms with E-state index in [0.29, 0.717) is 25.6 Å². The first kappa shape index (κ1) is 10.6. The molecule has 5 heteroatoms. The van der Waals surface area contributed by atoms with Crippen molar-refractivity contribution in [2.24, 2.45) is 5.92 Å². The molecule has 0 aliphatic carbocycles. The first-order chi connectivity index (χ1) is 6.74. The maximum absolute atomic E-state index is 10.6. The Morgan fingerprint density at radius 3 is 2.71 bits per heavy atom. The van der Waals surface area contributed by atoms with Crippen molar-refractivity contribution in [3.8, 4) is 6.26 Å². The van der Waals surface area contributed by atoms with E-state index in [1.165, 1.54) is 4.90 Å². The highest BCUT2D eigenvalue weighted by atomic mass is 16.5. The van der Waals surface area contributed by atoms with E-state index >= 15 is 0 Å². The maximum atomic E-state index is 10.6. The van der Waals surface area contributed by atoms with E-state index in [9.17, 15) is 4.79 Å². The minimum absolute atomic E-state index is 0.453. The molecule has 0 atom stereocenters. The molecule has 1 N–H and O–H groups in total. The van der Waals surface area contributed by atoms with E-state index in [1.54, 1.807) is 6.26 Å². The average Bonchev–Trinajstić information content (AvgIpc) is 2.19. The molecule has 1 aliphatic rings. The first-order valence-electron chi connectivity index (χ1n) is 4.72. The molecule has 1 rings (SSSR count). The summed E-state index contributed by atoms with van der Waals surface area (Å²) >= 11 is 0. The molecule has 78 valence electrons. The molecule has 0 bridgehead atoms. The van der Waals surface area contributed by atoms with E-state index in [1.807, 2.05) is 0 Å². The van der Waals surface area contributed by atoms with Crippen molar-refractivity contribution in [1.82, 2.24) is 4.90 Å². The Hall–Kier alpha value is -1.44. The Morgan fingerprint density at radius 1 is 1.57 bits per heavy atom. The van der Waals surface area contributed by atoms with Crippen LogP contribution in [0.5, 0.6) is 0 Å². The smallest absolute Gasteiger partial charge is 0.407 e. The van der Waals surface area contributed by atoms with Crippen LogP contribution < -0.4 is 0 Å². The van der Waals surface area contributed by atoms with Crippen molar-refractivity contribution >= 4 is 6.09 Å². The summed E-state index contributed by atoms with van der Waals surface area (Å²) in [5.41, 5.74) is 0. The zero-order chi connectivity index (χ0) is 10.4. The lowest BCUT2D eigenvalue weighted by Gasteiger charge is -2.29. The lowest BCUT2D eigenvalue weighted by molar-refractivity contribution is 0.118. The summed E-state index contributed by atoms with van der Waals surface area (Å²) in [4.78, 5) is 12.0. The van der Waals surface area contributed by atoms with E-state index in [4.69, 9.17) is 10.4 Å². The van der Waals surface area contributed by atoms with E-state index in [-0.39, 0.29) is 0 Å². The number of nitrogens with zero attached hydrogens (tertiary/aromatic N) is 2. The first-order valence-corrected chi connectivity index (χ1v) is 4.72. The SMILES string of the molecule is N#COCCC1CCN(C(=O)O)CC1. The number of ether oxygens (including phenoxy) is 1. The predicted molar refractivity (Wildman–Crippen MR) is 48.5 cm³/mol. The van der Waals surface area contributed by atoms with Gasteiger partial charge < -0.3 is 14.7 Å². The van der Waals surface area contributed by atoms with Crippen molar-refractivity contribution in [2.75, 3.05) is 19.7 Å². The van der Waals surface area contributed by atoms with E-state index < -0.39 is 6.09 Å². The largest absolute Gasteiger partial charge is 0.465 e. The Balaban J connectivity index is 2.16. The molecule has 5 nitrogen and oxygen atoms in total. The molecule has 1 fully saturated rings. The topological polar surface area (TPSA) is 73.6 Å². The highest BCUT2D eigenvalue weighted by Crippen LogP contribution is 2.20. The number of piperidine rings is 1. The van der Waals surface area contributed by atoms with Crippen molar-refractivity contribution < 1.29 is 14.6 Å². The minimum atomic E-state index is -0.836. The second-order valence-electron chi connectivity index (χ2n) is 3.44. The van der Waals surface area contributed by atoms with Crippen molar-refractivity contribution in [3.63, 3.8) is 0 Å². The van der Waals surface area contributed by atoms with Crippen LogP contribution in [0.4, 0.5) is 4.79 Å². The molecule has 0 spiro atoms. The number of amides is 1. The summed E-state index contributed by atoms with van der Waals surface area (Å²) in [7, 11) is 0. The molecule has 0 saturated carbocycles. The van der Waals surface area contributed by atoms with Crippen molar-refractivity contribution in [2.45, 2.75) is 19.3 Å². The average molecular weight is 198 g/mol. The van der Waals surface area contributed by atoms with Crippen LogP contribution in [-0.4, -0.2) is 35.8 Å². The summed E-state index contributed by atoms with van der Waals surface area (Å²) in [6.45, 7) is 1.66. The summed E-state index contributed by atoms with van der Waals surface area (Å²) in [6, 6.07) is 0. The van der Waals surface area contributed by atoms with Gasteiger partial charge in [0, 0.05) is 13.1 Å². The number of carboxylic acid groups (broad SMARTS) is 1. The summed E-state index contributed by atoms with van der Waals surface area (Å²) in [5, 5.41) is 16.8. The van der Waals surface area contributed by atoms with E-state index in [0.717, 1.165) is 19.3 Å². The fourth-order valence-corrected chi connectivity index (χ4v) is 1.68. The molecule has 0 radical (unpaired) electrons. The number of likely N-dealkylation sites (tertiary alicyclic amines) is 1. The second-order valence-corrected chi connectivity index (χ2v) is 3.44. The Bertz CT molecular complexity index is 229. The third-order valence-corrected chi connectivity index (χ3v) is 2.58. The maximum Gasteiger partial charge on any atom is 0.407 e. The van der Waals surface area contributed by atoms with Gasteiger partial charge in [-0.1, -0.05) is 0 Å². The zero-order valence-corrected chi connectivity index (χ0v) is 7.98. The van der Waals surface area contributed by atoms with Gasteiger partial charge in [-0.25, -0.2) is 4.79 Å². The number of hydrogen-bond acceptors (Lipinski definition) is 3. The van der Waals surface area contributed by atoms with Gasteiger partial charge in [-0.15, -0.1) is 0 Å². The van der Waals surface area contributed by atoms with Gasteiger partial charge in [0.25, 0.3) is 6.26 Å². The summed E-state index contributed by atoms with van der Waals surface area (Å²) < 4.78 is 4.59. The lowest BCUT2D eigenvalue weighted by Crippen LogP contribution is -2.37. The normalized spacial score (nSPS) is 17.5. The molecule has 1 heterocycles. The second kappa shape index (κ2) is 5.32. The zero-order valence-electron chi connectivity index (χ0n) is 7.98. The van der Waals surface area contributed by atoms with Gasteiger partial charge in [0.15, 0.2) is 0 Å². The Labute approximate surface area is 82.9 Å². The third kappa shape index (κ3) is 3.13. The minimum Gasteiger partial charge on any atom is -0.465 e. The monoisotopic (exact) mass is 198 g/mol. The number of rotatable bonds is 3. The van der Waals surface area contributed by atoms with Crippen LogP contribution in [0.2, 0.25) is 0 Å². The standard InChI is InChI=1S/C9H14N2O3/c10-7-14-6-3-8-1-4-11(5-2-8)9(12)13/h8H,1-6H2,(H,12,13). The number of carbonyl (C=O) groups is 1. The fraction of sp³-hybridized carbons (Fsp3) is 0.778. The van der Waals surface area contributed by atoms with Crippen LogP contribution >= 0.6 is 0 Å². The molecule has 0 unspecified atom stereocenters. The van der Waals surface area contributed by atoms with Crippen molar-refractivity contribution in [1.29, 1.82) is 5.26 Å². The summed E-state index contributed by atoms with van der Waals surface area (Å²) in [6.07, 6.45) is 3.39. The predicted octanol–water partition coefficient (Wildman–Crippen LogP) is 1.26. The molecule has 0 aromatic carbocycles. The number of hydrogen-bond donors (Lipinski definition) is 1. The van der Waals surface area contributed by atoms with Crippen LogP contribution in [-0.2, 0) is 4.74 Å². The van der Waals surface area contributed by atoms with Gasteiger partial charge in [0.05, 0.1) is 0 Å². The molecule has 1 saturated heterocycles. The molecular weight excluding hydrogens is 184 g/mol. The van der Waals surface area contributed by atoms with E-state index in [2.05, 4.69) is 4.74 Å². The van der Waals surface area contributed by atoms with Gasteiger partial charge in [-0.05, 0) is 25.2 Å². The highest BCUT2D eigenvalue weighted by Gasteiger charge is 2.21.